The number of hydrazone groups is 1. The summed E-state index contributed by atoms with van der Waals surface area (Å²) in [6.07, 6.45) is 0. The zero-order valence-corrected chi connectivity index (χ0v) is 15.8. The second-order valence-electron chi connectivity index (χ2n) is 6.53. The predicted octanol–water partition coefficient (Wildman–Crippen LogP) is 5.49. The Morgan fingerprint density at radius 3 is 1.14 bits per heavy atom. The Kier molecular flexibility index (Phi) is 5.58. The third-order valence-corrected chi connectivity index (χ3v) is 4.57. The number of benzene rings is 4. The number of rotatable bonds is 5. The average molecular weight is 376 g/mol. The van der Waals surface area contributed by atoms with Gasteiger partial charge in [0.25, 0.3) is 5.71 Å². The van der Waals surface area contributed by atoms with Crippen LogP contribution in [-0.2, 0) is 0 Å². The summed E-state index contributed by atoms with van der Waals surface area (Å²) in [5.41, 5.74) is 4.55. The summed E-state index contributed by atoms with van der Waals surface area (Å²) in [7, 11) is 0. The minimum Gasteiger partial charge on any atom is -0.594 e. The monoisotopic (exact) mass is 376 g/mol. The van der Waals surface area contributed by atoms with Crippen molar-refractivity contribution >= 4 is 11.4 Å². The van der Waals surface area contributed by atoms with Crippen LogP contribution in [0.2, 0.25) is 0 Å². The van der Waals surface area contributed by atoms with Gasteiger partial charge in [-0.25, -0.2) is 0 Å². The lowest BCUT2D eigenvalue weighted by Crippen LogP contribution is -2.17. The van der Waals surface area contributed by atoms with Gasteiger partial charge in [-0.05, 0) is 29.1 Å². The Hall–Kier alpha value is -3.98. The Bertz CT molecular complexity index is 1040. The quantitative estimate of drug-likeness (QED) is 0.196. The lowest BCUT2D eigenvalue weighted by molar-refractivity contribution is -0.461. The Morgan fingerprint density at radius 1 is 0.483 bits per heavy atom. The van der Waals surface area contributed by atoms with Crippen LogP contribution in [0.15, 0.2) is 126 Å². The van der Waals surface area contributed by atoms with Crippen molar-refractivity contribution in [2.45, 2.75) is 0 Å². The summed E-state index contributed by atoms with van der Waals surface area (Å²) in [4.78, 5) is 0.736. The molecule has 0 unspecified atom stereocenters. The van der Waals surface area contributed by atoms with Gasteiger partial charge >= 0.3 is 0 Å². The molecule has 0 saturated heterocycles. The second kappa shape index (κ2) is 8.81. The summed E-state index contributed by atoms with van der Waals surface area (Å²) in [6.45, 7) is 0. The second-order valence-corrected chi connectivity index (χ2v) is 6.53. The predicted molar refractivity (Wildman–Crippen MR) is 118 cm³/mol. The SMILES string of the molecule is [O-][N+](N=C(c1ccccc1)c1ccccc1)=C(c1ccccc1)c1ccccc1. The van der Waals surface area contributed by atoms with Crippen molar-refractivity contribution in [3.05, 3.63) is 149 Å². The van der Waals surface area contributed by atoms with Crippen molar-refractivity contribution in [1.82, 2.24) is 0 Å². The molecule has 3 heteroatoms. The van der Waals surface area contributed by atoms with E-state index in [-0.39, 0.29) is 0 Å². The molecule has 0 heterocycles. The molecular formula is C26H20N2O. The summed E-state index contributed by atoms with van der Waals surface area (Å²) in [5, 5.41) is 17.9. The van der Waals surface area contributed by atoms with Crippen LogP contribution in [0, 0.1) is 5.21 Å². The van der Waals surface area contributed by atoms with Gasteiger partial charge in [-0.3, -0.25) is 0 Å². The maximum atomic E-state index is 13.4. The van der Waals surface area contributed by atoms with Crippen LogP contribution < -0.4 is 0 Å². The molecule has 4 aromatic rings. The molecule has 4 aromatic carbocycles. The van der Waals surface area contributed by atoms with Gasteiger partial charge in [0.05, 0.1) is 11.1 Å². The number of hydrogen-bond acceptors (Lipinski definition) is 2. The standard InChI is InChI=1S/C26H20N2O/c29-28(26(23-17-9-3-10-18-23)24-19-11-4-12-20-24)27-25(21-13-5-1-6-14-21)22-15-7-2-8-16-22/h1-20H. The van der Waals surface area contributed by atoms with Crippen molar-refractivity contribution in [2.24, 2.45) is 5.10 Å². The highest BCUT2D eigenvalue weighted by Crippen LogP contribution is 2.14. The zero-order chi connectivity index (χ0) is 19.9. The molecule has 0 saturated carbocycles. The van der Waals surface area contributed by atoms with Gasteiger partial charge in [-0.2, -0.15) is 0 Å². The molecule has 140 valence electrons. The van der Waals surface area contributed by atoms with E-state index >= 15 is 0 Å². The molecule has 4 rings (SSSR count). The minimum atomic E-state index is 0.510. The van der Waals surface area contributed by atoms with Gasteiger partial charge in [0.2, 0.25) is 0 Å². The van der Waals surface area contributed by atoms with E-state index in [2.05, 4.69) is 5.10 Å². The van der Waals surface area contributed by atoms with Gasteiger partial charge in [-0.15, -0.1) is 0 Å². The maximum absolute atomic E-state index is 13.4. The van der Waals surface area contributed by atoms with Crippen molar-refractivity contribution in [2.75, 3.05) is 0 Å². The fourth-order valence-corrected chi connectivity index (χ4v) is 3.19. The van der Waals surface area contributed by atoms with Crippen LogP contribution in [0.4, 0.5) is 0 Å². The smallest absolute Gasteiger partial charge is 0.259 e. The first-order chi connectivity index (χ1) is 14.3. The molecule has 0 atom stereocenters. The fourth-order valence-electron chi connectivity index (χ4n) is 3.19. The Labute approximate surface area is 170 Å². The third-order valence-electron chi connectivity index (χ3n) is 4.57. The Morgan fingerprint density at radius 2 is 0.793 bits per heavy atom. The van der Waals surface area contributed by atoms with E-state index in [1.807, 2.05) is 121 Å². The van der Waals surface area contributed by atoms with Crippen molar-refractivity contribution in [1.29, 1.82) is 0 Å². The van der Waals surface area contributed by atoms with Gasteiger partial charge in [0.15, 0.2) is 0 Å². The molecule has 0 aliphatic heterocycles. The van der Waals surface area contributed by atoms with Gasteiger partial charge in [0.1, 0.15) is 5.71 Å². The summed E-state index contributed by atoms with van der Waals surface area (Å²) >= 11 is 0. The van der Waals surface area contributed by atoms with Crippen LogP contribution in [-0.4, -0.2) is 16.3 Å². The van der Waals surface area contributed by atoms with E-state index in [0.29, 0.717) is 11.4 Å². The highest BCUT2D eigenvalue weighted by atomic mass is 16.5. The van der Waals surface area contributed by atoms with Crippen molar-refractivity contribution < 1.29 is 4.85 Å². The highest BCUT2D eigenvalue weighted by molar-refractivity contribution is 6.13. The fraction of sp³-hybridized carbons (Fsp3) is 0. The van der Waals surface area contributed by atoms with E-state index in [1.165, 1.54) is 0 Å². The molecule has 3 nitrogen and oxygen atoms in total. The first-order valence-corrected chi connectivity index (χ1v) is 9.47. The molecule has 0 fully saturated rings. The minimum absolute atomic E-state index is 0.510. The molecule has 29 heavy (non-hydrogen) atoms. The van der Waals surface area contributed by atoms with Gasteiger partial charge in [0, 0.05) is 16.2 Å². The number of hydrogen-bond donors (Lipinski definition) is 0. The lowest BCUT2D eigenvalue weighted by atomic mass is 10.0. The molecular weight excluding hydrogens is 356 g/mol. The van der Waals surface area contributed by atoms with E-state index in [9.17, 15) is 5.21 Å². The molecule has 0 aromatic heterocycles. The van der Waals surface area contributed by atoms with Gasteiger partial charge < -0.3 is 5.21 Å². The van der Waals surface area contributed by atoms with Crippen LogP contribution in [0.5, 0.6) is 0 Å². The van der Waals surface area contributed by atoms with E-state index in [4.69, 9.17) is 0 Å². The van der Waals surface area contributed by atoms with Crippen molar-refractivity contribution in [3.63, 3.8) is 0 Å². The van der Waals surface area contributed by atoms with E-state index in [1.54, 1.807) is 0 Å². The normalized spacial score (nSPS) is 10.2. The van der Waals surface area contributed by atoms with Crippen LogP contribution >= 0.6 is 0 Å². The van der Waals surface area contributed by atoms with Crippen LogP contribution in [0.25, 0.3) is 0 Å². The van der Waals surface area contributed by atoms with Gasteiger partial charge in [-0.1, -0.05) is 97.1 Å². The lowest BCUT2D eigenvalue weighted by Gasteiger charge is -2.09. The maximum Gasteiger partial charge on any atom is 0.259 e. The van der Waals surface area contributed by atoms with Crippen LogP contribution in [0.3, 0.4) is 0 Å². The van der Waals surface area contributed by atoms with E-state index < -0.39 is 0 Å². The molecule has 0 aliphatic rings. The third kappa shape index (κ3) is 4.30. The highest BCUT2D eigenvalue weighted by Gasteiger charge is 2.18. The molecule has 0 spiro atoms. The molecule has 0 aliphatic carbocycles. The summed E-state index contributed by atoms with van der Waals surface area (Å²) in [6, 6.07) is 38.8. The van der Waals surface area contributed by atoms with Crippen LogP contribution in [0.1, 0.15) is 22.3 Å². The van der Waals surface area contributed by atoms with E-state index in [0.717, 1.165) is 27.1 Å². The zero-order valence-electron chi connectivity index (χ0n) is 15.8. The first-order valence-electron chi connectivity index (χ1n) is 9.47. The molecule has 0 N–H and O–H groups in total. The molecule has 0 bridgehead atoms. The average Bonchev–Trinajstić information content (AvgIpc) is 2.80. The Balaban J connectivity index is 1.94. The number of nitrogens with zero attached hydrogens (tertiary/aromatic N) is 2. The largest absolute Gasteiger partial charge is 0.594 e. The molecule has 0 radical (unpaired) electrons. The first kappa shape index (κ1) is 18.4. The van der Waals surface area contributed by atoms with Crippen molar-refractivity contribution in [3.8, 4) is 0 Å². The molecule has 0 amide bonds. The summed E-state index contributed by atoms with van der Waals surface area (Å²) < 4.78 is 0. The topological polar surface area (TPSA) is 38.4 Å². The summed E-state index contributed by atoms with van der Waals surface area (Å²) in [5.74, 6) is 0.